The fourth-order valence-corrected chi connectivity index (χ4v) is 3.21. The third kappa shape index (κ3) is 3.45. The molecule has 0 aliphatic heterocycles. The molecule has 3 rings (SSSR count). The Labute approximate surface area is 140 Å². The molecule has 5 heteroatoms. The van der Waals surface area contributed by atoms with Crippen LogP contribution >= 0.6 is 11.3 Å². The summed E-state index contributed by atoms with van der Waals surface area (Å²) in [4.78, 5) is 17.8. The van der Waals surface area contributed by atoms with E-state index in [0.29, 0.717) is 12.3 Å². The fourth-order valence-electron chi connectivity index (χ4n) is 2.34. The Morgan fingerprint density at radius 1 is 1.26 bits per heavy atom. The first-order valence-corrected chi connectivity index (χ1v) is 8.73. The van der Waals surface area contributed by atoms with Crippen LogP contribution in [0.3, 0.4) is 0 Å². The zero-order valence-electron chi connectivity index (χ0n) is 13.6. The van der Waals surface area contributed by atoms with E-state index < -0.39 is 0 Å². The minimum atomic E-state index is 0.0564. The molecule has 1 unspecified atom stereocenters. The van der Waals surface area contributed by atoms with Crippen molar-refractivity contribution in [2.24, 2.45) is 5.92 Å². The lowest BCUT2D eigenvalue weighted by atomic mass is 10.1. The number of benzene rings is 1. The van der Waals surface area contributed by atoms with E-state index in [4.69, 9.17) is 0 Å². The third-order valence-corrected chi connectivity index (χ3v) is 4.97. The number of hydrogen-bond acceptors (Lipinski definition) is 3. The molecule has 0 radical (unpaired) electrons. The fraction of sp³-hybridized carbons (Fsp3) is 0.333. The molecule has 1 N–H and O–H groups in total. The number of imidazole rings is 1. The van der Waals surface area contributed by atoms with Gasteiger partial charge in [-0.05, 0) is 12.8 Å². The minimum Gasteiger partial charge on any atom is -0.353 e. The number of amides is 1. The normalized spacial score (nSPS) is 12.7. The van der Waals surface area contributed by atoms with Gasteiger partial charge in [0.2, 0.25) is 5.91 Å². The minimum absolute atomic E-state index is 0.0564. The Morgan fingerprint density at radius 3 is 2.70 bits per heavy atom. The zero-order chi connectivity index (χ0) is 16.4. The molecule has 0 bridgehead atoms. The monoisotopic (exact) mass is 327 g/mol. The predicted octanol–water partition coefficient (Wildman–Crippen LogP) is 3.77. The topological polar surface area (TPSA) is 46.4 Å². The van der Waals surface area contributed by atoms with Crippen LogP contribution in [0.1, 0.15) is 26.5 Å². The zero-order valence-corrected chi connectivity index (χ0v) is 14.4. The number of nitrogens with one attached hydrogen (secondary N) is 1. The summed E-state index contributed by atoms with van der Waals surface area (Å²) >= 11 is 1.57. The highest BCUT2D eigenvalue weighted by atomic mass is 32.1. The van der Waals surface area contributed by atoms with Gasteiger partial charge in [-0.25, -0.2) is 4.98 Å². The molecule has 1 aromatic carbocycles. The molecular formula is C18H21N3OS. The van der Waals surface area contributed by atoms with Crippen molar-refractivity contribution in [3.8, 4) is 11.3 Å². The molecule has 2 aromatic heterocycles. The van der Waals surface area contributed by atoms with Gasteiger partial charge in [0, 0.05) is 28.9 Å². The predicted molar refractivity (Wildman–Crippen MR) is 94.7 cm³/mol. The van der Waals surface area contributed by atoms with Crippen LogP contribution in [-0.4, -0.2) is 21.3 Å². The lowest BCUT2D eigenvalue weighted by Crippen LogP contribution is -2.37. The van der Waals surface area contributed by atoms with E-state index in [1.165, 1.54) is 0 Å². The Bertz CT molecular complexity index is 804. The van der Waals surface area contributed by atoms with Gasteiger partial charge in [0.15, 0.2) is 4.96 Å². The first-order valence-electron chi connectivity index (χ1n) is 7.85. The molecule has 120 valence electrons. The van der Waals surface area contributed by atoms with Crippen LogP contribution in [-0.2, 0) is 11.2 Å². The van der Waals surface area contributed by atoms with Gasteiger partial charge in [-0.1, -0.05) is 44.2 Å². The number of aromatic nitrogens is 2. The number of carbonyl (C=O) groups is 1. The molecule has 4 nitrogen and oxygen atoms in total. The van der Waals surface area contributed by atoms with E-state index in [9.17, 15) is 4.79 Å². The van der Waals surface area contributed by atoms with E-state index in [0.717, 1.165) is 21.9 Å². The maximum absolute atomic E-state index is 12.2. The molecule has 0 aliphatic carbocycles. The molecule has 1 amide bonds. The molecule has 2 heterocycles. The summed E-state index contributed by atoms with van der Waals surface area (Å²) in [6, 6.07) is 10.3. The molecule has 23 heavy (non-hydrogen) atoms. The molecule has 0 saturated heterocycles. The summed E-state index contributed by atoms with van der Waals surface area (Å²) < 4.78 is 2.02. The van der Waals surface area contributed by atoms with Gasteiger partial charge in [0.05, 0.1) is 12.1 Å². The van der Waals surface area contributed by atoms with Gasteiger partial charge in [0.25, 0.3) is 0 Å². The summed E-state index contributed by atoms with van der Waals surface area (Å²) in [5, 5.41) is 5.06. The van der Waals surface area contributed by atoms with Crippen molar-refractivity contribution in [3.63, 3.8) is 0 Å². The van der Waals surface area contributed by atoms with Gasteiger partial charge < -0.3 is 5.32 Å². The summed E-state index contributed by atoms with van der Waals surface area (Å²) in [6.07, 6.45) is 2.39. The first kappa shape index (κ1) is 15.7. The van der Waals surface area contributed by atoms with Crippen LogP contribution in [0.25, 0.3) is 16.2 Å². The Hall–Kier alpha value is -2.14. The molecule has 0 fully saturated rings. The van der Waals surface area contributed by atoms with E-state index in [1.807, 2.05) is 53.2 Å². The van der Waals surface area contributed by atoms with Crippen molar-refractivity contribution in [2.45, 2.75) is 33.2 Å². The summed E-state index contributed by atoms with van der Waals surface area (Å²) in [5.74, 6) is 0.486. The van der Waals surface area contributed by atoms with Gasteiger partial charge in [-0.15, -0.1) is 11.3 Å². The van der Waals surface area contributed by atoms with Crippen LogP contribution in [0.2, 0.25) is 0 Å². The maximum Gasteiger partial charge on any atom is 0.226 e. The van der Waals surface area contributed by atoms with Crippen LogP contribution in [0.15, 0.2) is 41.9 Å². The SMILES string of the molecule is CC(C)C(C)NC(=O)Cc1csc2nc(-c3ccccc3)cn12. The van der Waals surface area contributed by atoms with Crippen molar-refractivity contribution in [1.29, 1.82) is 0 Å². The van der Waals surface area contributed by atoms with Crippen molar-refractivity contribution < 1.29 is 4.79 Å². The van der Waals surface area contributed by atoms with E-state index in [-0.39, 0.29) is 11.9 Å². The molecule has 1 atom stereocenters. The van der Waals surface area contributed by atoms with Crippen molar-refractivity contribution in [2.75, 3.05) is 0 Å². The van der Waals surface area contributed by atoms with Crippen molar-refractivity contribution >= 4 is 22.2 Å². The number of fused-ring (bicyclic) bond motifs is 1. The number of carbonyl (C=O) groups excluding carboxylic acids is 1. The molecule has 3 aromatic rings. The molecular weight excluding hydrogens is 306 g/mol. The van der Waals surface area contributed by atoms with E-state index in [2.05, 4.69) is 24.1 Å². The second kappa shape index (κ2) is 6.54. The number of thiazole rings is 1. The highest BCUT2D eigenvalue weighted by molar-refractivity contribution is 7.15. The lowest BCUT2D eigenvalue weighted by Gasteiger charge is -2.17. The Balaban J connectivity index is 1.80. The molecule has 0 saturated carbocycles. The summed E-state index contributed by atoms with van der Waals surface area (Å²) in [7, 11) is 0. The van der Waals surface area contributed by atoms with Crippen LogP contribution in [0, 0.1) is 5.92 Å². The highest BCUT2D eigenvalue weighted by Gasteiger charge is 2.15. The number of nitrogens with zero attached hydrogens (tertiary/aromatic N) is 2. The standard InChI is InChI=1S/C18H21N3OS/c1-12(2)13(3)19-17(22)9-15-11-23-18-20-16(10-21(15)18)14-7-5-4-6-8-14/h4-8,10-13H,9H2,1-3H3,(H,19,22). The molecule has 0 spiro atoms. The highest BCUT2D eigenvalue weighted by Crippen LogP contribution is 2.23. The van der Waals surface area contributed by atoms with E-state index >= 15 is 0 Å². The Kier molecular flexibility index (Phi) is 4.48. The second-order valence-corrected chi connectivity index (χ2v) is 6.99. The maximum atomic E-state index is 12.2. The largest absolute Gasteiger partial charge is 0.353 e. The smallest absolute Gasteiger partial charge is 0.226 e. The van der Waals surface area contributed by atoms with Gasteiger partial charge in [0.1, 0.15) is 0 Å². The number of hydrogen-bond donors (Lipinski definition) is 1. The van der Waals surface area contributed by atoms with Gasteiger partial charge in [-0.3, -0.25) is 9.20 Å². The summed E-state index contributed by atoms with van der Waals surface area (Å²) in [5.41, 5.74) is 3.01. The van der Waals surface area contributed by atoms with Crippen LogP contribution in [0.5, 0.6) is 0 Å². The average Bonchev–Trinajstić information content (AvgIpc) is 3.10. The van der Waals surface area contributed by atoms with Crippen molar-refractivity contribution in [3.05, 3.63) is 47.6 Å². The Morgan fingerprint density at radius 2 is 2.00 bits per heavy atom. The second-order valence-electron chi connectivity index (χ2n) is 6.15. The average molecular weight is 327 g/mol. The number of rotatable bonds is 5. The van der Waals surface area contributed by atoms with Gasteiger partial charge in [-0.2, -0.15) is 0 Å². The quantitative estimate of drug-likeness (QED) is 0.775. The third-order valence-electron chi connectivity index (χ3n) is 4.08. The summed E-state index contributed by atoms with van der Waals surface area (Å²) in [6.45, 7) is 6.25. The van der Waals surface area contributed by atoms with Crippen LogP contribution < -0.4 is 5.32 Å². The lowest BCUT2D eigenvalue weighted by molar-refractivity contribution is -0.121. The molecule has 0 aliphatic rings. The van der Waals surface area contributed by atoms with Crippen LogP contribution in [0.4, 0.5) is 0 Å². The van der Waals surface area contributed by atoms with E-state index in [1.54, 1.807) is 11.3 Å². The van der Waals surface area contributed by atoms with Crippen molar-refractivity contribution in [1.82, 2.24) is 14.7 Å². The van der Waals surface area contributed by atoms with Gasteiger partial charge >= 0.3 is 0 Å². The first-order chi connectivity index (χ1) is 11.0.